The number of carbonyl (C=O) groups excluding carboxylic acids is 1. The van der Waals surface area contributed by atoms with Crippen molar-refractivity contribution < 1.29 is 4.79 Å². The first kappa shape index (κ1) is 10.5. The van der Waals surface area contributed by atoms with Crippen LogP contribution in [0.2, 0.25) is 0 Å². The Kier molecular flexibility index (Phi) is 3.72. The highest BCUT2D eigenvalue weighted by Crippen LogP contribution is 2.36. The molecule has 0 aromatic rings. The van der Waals surface area contributed by atoms with Gasteiger partial charge in [-0.25, -0.2) is 0 Å². The van der Waals surface area contributed by atoms with Crippen molar-refractivity contribution in [1.82, 2.24) is 10.6 Å². The predicted molar refractivity (Wildman–Crippen MR) is 53.4 cm³/mol. The van der Waals surface area contributed by atoms with E-state index in [9.17, 15) is 4.79 Å². The van der Waals surface area contributed by atoms with Gasteiger partial charge in [0.05, 0.1) is 6.04 Å². The minimum atomic E-state index is -0.0484. The first-order chi connectivity index (χ1) is 6.15. The van der Waals surface area contributed by atoms with E-state index in [-0.39, 0.29) is 11.9 Å². The average molecular weight is 184 g/mol. The molecule has 3 unspecified atom stereocenters. The Morgan fingerprint density at radius 2 is 2.23 bits per heavy atom. The first-order valence-corrected chi connectivity index (χ1v) is 5.16. The maximum atomic E-state index is 11.3. The molecule has 0 aromatic carbocycles. The Morgan fingerprint density at radius 1 is 1.62 bits per heavy atom. The van der Waals surface area contributed by atoms with Gasteiger partial charge in [-0.05, 0) is 38.6 Å². The fourth-order valence-electron chi connectivity index (χ4n) is 1.43. The van der Waals surface area contributed by atoms with Crippen LogP contribution < -0.4 is 10.6 Å². The van der Waals surface area contributed by atoms with Crippen LogP contribution in [0.15, 0.2) is 0 Å². The predicted octanol–water partition coefficient (Wildman–Crippen LogP) is 0.757. The summed E-state index contributed by atoms with van der Waals surface area (Å²) in [6.07, 6.45) is 1.31. The van der Waals surface area contributed by atoms with Crippen LogP contribution in [-0.2, 0) is 4.79 Å². The van der Waals surface area contributed by atoms with Crippen molar-refractivity contribution >= 4 is 5.91 Å². The lowest BCUT2D eigenvalue weighted by Gasteiger charge is -2.12. The van der Waals surface area contributed by atoms with Gasteiger partial charge >= 0.3 is 0 Å². The molecule has 1 aliphatic carbocycles. The molecule has 1 aliphatic rings. The van der Waals surface area contributed by atoms with E-state index in [1.807, 2.05) is 13.8 Å². The molecule has 0 spiro atoms. The highest BCUT2D eigenvalue weighted by atomic mass is 16.2. The number of amides is 1. The second-order valence-corrected chi connectivity index (χ2v) is 4.00. The van der Waals surface area contributed by atoms with E-state index in [0.29, 0.717) is 6.54 Å². The second-order valence-electron chi connectivity index (χ2n) is 4.00. The van der Waals surface area contributed by atoms with E-state index in [0.717, 1.165) is 18.4 Å². The molecule has 1 saturated carbocycles. The van der Waals surface area contributed by atoms with E-state index in [2.05, 4.69) is 17.6 Å². The molecule has 0 heterocycles. The number of rotatable bonds is 5. The molecule has 76 valence electrons. The molecular weight excluding hydrogens is 164 g/mol. The van der Waals surface area contributed by atoms with Crippen molar-refractivity contribution in [3.63, 3.8) is 0 Å². The minimum Gasteiger partial charge on any atom is -0.355 e. The molecule has 0 aromatic heterocycles. The molecular formula is C10H20N2O. The smallest absolute Gasteiger partial charge is 0.236 e. The van der Waals surface area contributed by atoms with Crippen LogP contribution in [-0.4, -0.2) is 25.0 Å². The normalized spacial score (nSPS) is 28.2. The fraction of sp³-hybridized carbons (Fsp3) is 0.900. The molecule has 0 saturated heterocycles. The summed E-state index contributed by atoms with van der Waals surface area (Å²) in [4.78, 5) is 11.3. The lowest BCUT2D eigenvalue weighted by molar-refractivity contribution is -0.122. The third kappa shape index (κ3) is 3.35. The summed E-state index contributed by atoms with van der Waals surface area (Å²) in [5, 5.41) is 6.05. The molecule has 1 rings (SSSR count). The van der Waals surface area contributed by atoms with E-state index in [4.69, 9.17) is 0 Å². The van der Waals surface area contributed by atoms with Crippen molar-refractivity contribution in [1.29, 1.82) is 0 Å². The standard InChI is InChI=1S/C10H20N2O/c1-4-11-10(13)8(3)12-6-9-5-7(9)2/h7-9,12H,4-6H2,1-3H3,(H,11,13). The van der Waals surface area contributed by atoms with Gasteiger partial charge in [-0.1, -0.05) is 6.92 Å². The van der Waals surface area contributed by atoms with Crippen LogP contribution in [0.4, 0.5) is 0 Å². The first-order valence-electron chi connectivity index (χ1n) is 5.16. The van der Waals surface area contributed by atoms with Gasteiger partial charge in [0.2, 0.25) is 5.91 Å². The third-order valence-corrected chi connectivity index (χ3v) is 2.71. The van der Waals surface area contributed by atoms with Gasteiger partial charge in [-0.3, -0.25) is 4.79 Å². The largest absolute Gasteiger partial charge is 0.355 e. The van der Waals surface area contributed by atoms with Gasteiger partial charge in [-0.2, -0.15) is 0 Å². The van der Waals surface area contributed by atoms with Crippen LogP contribution in [0.3, 0.4) is 0 Å². The molecule has 3 heteroatoms. The lowest BCUT2D eigenvalue weighted by atomic mass is 10.2. The SMILES string of the molecule is CCNC(=O)C(C)NCC1CC1C. The zero-order valence-electron chi connectivity index (χ0n) is 8.76. The number of likely N-dealkylation sites (N-methyl/N-ethyl adjacent to an activating group) is 1. The Bertz CT molecular complexity index is 182. The summed E-state index contributed by atoms with van der Waals surface area (Å²) in [7, 11) is 0. The Morgan fingerprint density at radius 3 is 2.69 bits per heavy atom. The van der Waals surface area contributed by atoms with Crippen LogP contribution in [0.1, 0.15) is 27.2 Å². The van der Waals surface area contributed by atoms with Gasteiger partial charge in [0, 0.05) is 6.54 Å². The van der Waals surface area contributed by atoms with E-state index in [1.54, 1.807) is 0 Å². The number of nitrogens with one attached hydrogen (secondary N) is 2. The van der Waals surface area contributed by atoms with Crippen LogP contribution >= 0.6 is 0 Å². The molecule has 2 N–H and O–H groups in total. The van der Waals surface area contributed by atoms with Crippen molar-refractivity contribution in [2.24, 2.45) is 11.8 Å². The number of hydrogen-bond donors (Lipinski definition) is 2. The number of hydrogen-bond acceptors (Lipinski definition) is 2. The molecule has 1 fully saturated rings. The molecule has 0 aliphatic heterocycles. The summed E-state index contributed by atoms with van der Waals surface area (Å²) >= 11 is 0. The minimum absolute atomic E-state index is 0.0484. The molecule has 13 heavy (non-hydrogen) atoms. The van der Waals surface area contributed by atoms with Gasteiger partial charge in [0.1, 0.15) is 0 Å². The Balaban J connectivity index is 2.09. The highest BCUT2D eigenvalue weighted by Gasteiger charge is 2.32. The molecule has 1 amide bonds. The fourth-order valence-corrected chi connectivity index (χ4v) is 1.43. The van der Waals surface area contributed by atoms with Crippen LogP contribution in [0, 0.1) is 11.8 Å². The van der Waals surface area contributed by atoms with Crippen molar-refractivity contribution in [2.75, 3.05) is 13.1 Å². The molecule has 0 radical (unpaired) electrons. The van der Waals surface area contributed by atoms with Gasteiger partial charge in [-0.15, -0.1) is 0 Å². The van der Waals surface area contributed by atoms with Crippen molar-refractivity contribution in [2.45, 2.75) is 33.2 Å². The summed E-state index contributed by atoms with van der Waals surface area (Å²) in [6.45, 7) is 7.80. The Hall–Kier alpha value is -0.570. The second kappa shape index (κ2) is 4.61. The topological polar surface area (TPSA) is 41.1 Å². The highest BCUT2D eigenvalue weighted by molar-refractivity contribution is 5.81. The summed E-state index contributed by atoms with van der Waals surface area (Å²) in [5.74, 6) is 1.77. The zero-order chi connectivity index (χ0) is 9.84. The molecule has 0 bridgehead atoms. The van der Waals surface area contributed by atoms with E-state index >= 15 is 0 Å². The maximum Gasteiger partial charge on any atom is 0.236 e. The van der Waals surface area contributed by atoms with Gasteiger partial charge in [0.15, 0.2) is 0 Å². The summed E-state index contributed by atoms with van der Waals surface area (Å²) in [6, 6.07) is -0.0484. The van der Waals surface area contributed by atoms with E-state index in [1.165, 1.54) is 6.42 Å². The van der Waals surface area contributed by atoms with Crippen LogP contribution in [0.25, 0.3) is 0 Å². The Labute approximate surface area is 80.3 Å². The average Bonchev–Trinajstić information content (AvgIpc) is 2.78. The quantitative estimate of drug-likeness (QED) is 0.662. The summed E-state index contributed by atoms with van der Waals surface area (Å²) in [5.41, 5.74) is 0. The van der Waals surface area contributed by atoms with Crippen molar-refractivity contribution in [3.8, 4) is 0 Å². The van der Waals surface area contributed by atoms with Crippen LogP contribution in [0.5, 0.6) is 0 Å². The van der Waals surface area contributed by atoms with Gasteiger partial charge in [0.25, 0.3) is 0 Å². The third-order valence-electron chi connectivity index (χ3n) is 2.71. The van der Waals surface area contributed by atoms with Gasteiger partial charge < -0.3 is 10.6 Å². The number of carbonyl (C=O) groups is 1. The monoisotopic (exact) mass is 184 g/mol. The summed E-state index contributed by atoms with van der Waals surface area (Å²) < 4.78 is 0. The lowest BCUT2D eigenvalue weighted by Crippen LogP contribution is -2.42. The zero-order valence-corrected chi connectivity index (χ0v) is 8.76. The maximum absolute atomic E-state index is 11.3. The van der Waals surface area contributed by atoms with E-state index < -0.39 is 0 Å². The van der Waals surface area contributed by atoms with Crippen molar-refractivity contribution in [3.05, 3.63) is 0 Å². The molecule has 3 nitrogen and oxygen atoms in total. The molecule has 3 atom stereocenters.